The van der Waals surface area contributed by atoms with Gasteiger partial charge in [0, 0.05) is 5.69 Å². The third kappa shape index (κ3) is 4.40. The third-order valence-electron chi connectivity index (χ3n) is 2.78. The van der Waals surface area contributed by atoms with Crippen molar-refractivity contribution in [1.82, 2.24) is 0 Å². The highest BCUT2D eigenvalue weighted by atomic mass is 35.5. The molecule has 1 aromatic rings. The van der Waals surface area contributed by atoms with Gasteiger partial charge in [0.1, 0.15) is 5.75 Å². The molecule has 1 rings (SSSR count). The molecule has 0 fully saturated rings. The smallest absolute Gasteiger partial charge is 0.244 e. The molecule has 0 saturated heterocycles. The molecule has 0 aromatic heterocycles. The van der Waals surface area contributed by atoms with Crippen molar-refractivity contribution in [3.8, 4) is 5.75 Å². The molecule has 0 bridgehead atoms. The summed E-state index contributed by atoms with van der Waals surface area (Å²) in [5, 5.41) is 3.24. The van der Waals surface area contributed by atoms with Gasteiger partial charge in [0.15, 0.2) is 0 Å². The molecule has 106 valence electrons. The Hall–Kier alpha value is -1.26. The molecule has 4 nitrogen and oxygen atoms in total. The lowest BCUT2D eigenvalue weighted by Gasteiger charge is -2.23. The number of hydrogen-bond donors (Lipinski definition) is 2. The first kappa shape index (κ1) is 15.8. The molecular formula is C14H21ClN2O2. The van der Waals surface area contributed by atoms with Crippen LogP contribution in [0.25, 0.3) is 0 Å². The van der Waals surface area contributed by atoms with E-state index in [1.54, 1.807) is 25.1 Å². The fraction of sp³-hybridized carbons (Fsp3) is 0.500. The van der Waals surface area contributed by atoms with E-state index in [1.807, 2.05) is 13.8 Å². The molecule has 1 atom stereocenters. The minimum absolute atomic E-state index is 0.213. The molecule has 1 amide bonds. The van der Waals surface area contributed by atoms with Gasteiger partial charge < -0.3 is 15.8 Å². The first-order valence-corrected chi connectivity index (χ1v) is 6.81. The van der Waals surface area contributed by atoms with Crippen LogP contribution < -0.4 is 15.8 Å². The van der Waals surface area contributed by atoms with Gasteiger partial charge in [0.25, 0.3) is 0 Å². The van der Waals surface area contributed by atoms with E-state index in [9.17, 15) is 4.79 Å². The number of carbonyl (C=O) groups excluding carboxylic acids is 1. The fourth-order valence-electron chi connectivity index (χ4n) is 1.76. The van der Waals surface area contributed by atoms with Crippen molar-refractivity contribution in [3.05, 3.63) is 23.2 Å². The van der Waals surface area contributed by atoms with Gasteiger partial charge in [-0.2, -0.15) is 0 Å². The van der Waals surface area contributed by atoms with E-state index in [0.717, 1.165) is 6.42 Å². The van der Waals surface area contributed by atoms with Crippen LogP contribution in [-0.2, 0) is 4.79 Å². The Morgan fingerprint density at radius 1 is 1.47 bits per heavy atom. The number of halogens is 1. The first-order valence-electron chi connectivity index (χ1n) is 6.43. The van der Waals surface area contributed by atoms with Crippen LogP contribution in [0.2, 0.25) is 5.02 Å². The standard InChI is InChI=1S/C14H21ClN2O2/c1-4-8-14(3,16)13(18)17-10-6-7-12(19-5-2)11(15)9-10/h6-7,9H,4-5,8,16H2,1-3H3,(H,17,18). The maximum Gasteiger partial charge on any atom is 0.244 e. The predicted molar refractivity (Wildman–Crippen MR) is 78.8 cm³/mol. The van der Waals surface area contributed by atoms with E-state index in [0.29, 0.717) is 29.5 Å². The van der Waals surface area contributed by atoms with E-state index < -0.39 is 5.54 Å². The van der Waals surface area contributed by atoms with Gasteiger partial charge in [-0.3, -0.25) is 4.79 Å². The van der Waals surface area contributed by atoms with Gasteiger partial charge in [0.05, 0.1) is 17.2 Å². The first-order chi connectivity index (χ1) is 8.90. The summed E-state index contributed by atoms with van der Waals surface area (Å²) in [7, 11) is 0. The number of ether oxygens (including phenoxy) is 1. The Morgan fingerprint density at radius 3 is 2.68 bits per heavy atom. The van der Waals surface area contributed by atoms with Crippen LogP contribution in [0.5, 0.6) is 5.75 Å². The van der Waals surface area contributed by atoms with Crippen molar-refractivity contribution in [2.75, 3.05) is 11.9 Å². The number of carbonyl (C=O) groups is 1. The predicted octanol–water partition coefficient (Wildman–Crippen LogP) is 3.19. The molecule has 0 aliphatic carbocycles. The molecule has 1 aromatic carbocycles. The molecule has 19 heavy (non-hydrogen) atoms. The number of rotatable bonds is 6. The van der Waals surface area contributed by atoms with E-state index >= 15 is 0 Å². The Kier molecular flexibility index (Phi) is 5.63. The highest BCUT2D eigenvalue weighted by Crippen LogP contribution is 2.28. The second-order valence-electron chi connectivity index (χ2n) is 4.70. The Morgan fingerprint density at radius 2 is 2.16 bits per heavy atom. The molecule has 0 radical (unpaired) electrons. The molecule has 1 unspecified atom stereocenters. The van der Waals surface area contributed by atoms with E-state index in [4.69, 9.17) is 22.1 Å². The van der Waals surface area contributed by atoms with Gasteiger partial charge in [-0.1, -0.05) is 24.9 Å². The van der Waals surface area contributed by atoms with Gasteiger partial charge in [-0.05, 0) is 38.5 Å². The molecule has 0 aliphatic heterocycles. The second-order valence-corrected chi connectivity index (χ2v) is 5.11. The zero-order valence-corrected chi connectivity index (χ0v) is 12.4. The van der Waals surface area contributed by atoms with Gasteiger partial charge in [-0.15, -0.1) is 0 Å². The maximum atomic E-state index is 12.0. The third-order valence-corrected chi connectivity index (χ3v) is 3.07. The van der Waals surface area contributed by atoms with E-state index in [2.05, 4.69) is 5.32 Å². The van der Waals surface area contributed by atoms with E-state index in [1.165, 1.54) is 0 Å². The summed E-state index contributed by atoms with van der Waals surface area (Å²) in [6.45, 7) is 6.15. The molecule has 3 N–H and O–H groups in total. The monoisotopic (exact) mass is 284 g/mol. The average Bonchev–Trinajstić information content (AvgIpc) is 2.32. The Balaban J connectivity index is 2.78. The average molecular weight is 285 g/mol. The maximum absolute atomic E-state index is 12.0. The van der Waals surface area contributed by atoms with Crippen LogP contribution >= 0.6 is 11.6 Å². The highest BCUT2D eigenvalue weighted by molar-refractivity contribution is 6.32. The van der Waals surface area contributed by atoms with Crippen molar-refractivity contribution in [3.63, 3.8) is 0 Å². The molecule has 5 heteroatoms. The largest absolute Gasteiger partial charge is 0.492 e. The highest BCUT2D eigenvalue weighted by Gasteiger charge is 2.27. The summed E-state index contributed by atoms with van der Waals surface area (Å²) in [5.74, 6) is 0.390. The van der Waals surface area contributed by atoms with Crippen LogP contribution in [0.3, 0.4) is 0 Å². The Labute approximate surface area is 119 Å². The van der Waals surface area contributed by atoms with Crippen LogP contribution in [0.15, 0.2) is 18.2 Å². The summed E-state index contributed by atoms with van der Waals surface area (Å²) in [4.78, 5) is 12.0. The lowest BCUT2D eigenvalue weighted by atomic mass is 9.96. The molecule has 0 heterocycles. The minimum Gasteiger partial charge on any atom is -0.492 e. The van der Waals surface area contributed by atoms with E-state index in [-0.39, 0.29) is 5.91 Å². The van der Waals surface area contributed by atoms with Crippen LogP contribution in [0.4, 0.5) is 5.69 Å². The number of nitrogens with two attached hydrogens (primary N) is 1. The number of hydrogen-bond acceptors (Lipinski definition) is 3. The van der Waals surface area contributed by atoms with Crippen molar-refractivity contribution < 1.29 is 9.53 Å². The quantitative estimate of drug-likeness (QED) is 0.843. The van der Waals surface area contributed by atoms with Gasteiger partial charge in [-0.25, -0.2) is 0 Å². The number of amides is 1. The Bertz CT molecular complexity index is 447. The van der Waals surface area contributed by atoms with Crippen molar-refractivity contribution in [2.45, 2.75) is 39.2 Å². The number of anilines is 1. The zero-order chi connectivity index (χ0) is 14.5. The summed E-state index contributed by atoms with van der Waals surface area (Å²) in [5.41, 5.74) is 5.71. The van der Waals surface area contributed by atoms with Crippen LogP contribution in [0.1, 0.15) is 33.6 Å². The van der Waals surface area contributed by atoms with Crippen molar-refractivity contribution in [2.24, 2.45) is 5.73 Å². The lowest BCUT2D eigenvalue weighted by molar-refractivity contribution is -0.120. The summed E-state index contributed by atoms with van der Waals surface area (Å²) in [6.07, 6.45) is 1.48. The molecular weight excluding hydrogens is 264 g/mol. The second kappa shape index (κ2) is 6.78. The van der Waals surface area contributed by atoms with Gasteiger partial charge in [0.2, 0.25) is 5.91 Å². The summed E-state index contributed by atoms with van der Waals surface area (Å²) in [6, 6.07) is 5.14. The lowest BCUT2D eigenvalue weighted by Crippen LogP contribution is -2.48. The van der Waals surface area contributed by atoms with Crippen LogP contribution in [0, 0.1) is 0 Å². The SMILES string of the molecule is CCCC(C)(N)C(=O)Nc1ccc(OCC)c(Cl)c1. The zero-order valence-electron chi connectivity index (χ0n) is 11.6. The summed E-state index contributed by atoms with van der Waals surface area (Å²) >= 11 is 6.06. The minimum atomic E-state index is -0.875. The van der Waals surface area contributed by atoms with Crippen molar-refractivity contribution >= 4 is 23.2 Å². The molecule has 0 aliphatic rings. The summed E-state index contributed by atoms with van der Waals surface area (Å²) < 4.78 is 5.33. The molecule has 0 saturated carbocycles. The molecule has 0 spiro atoms. The van der Waals surface area contributed by atoms with Crippen molar-refractivity contribution in [1.29, 1.82) is 0 Å². The number of nitrogens with one attached hydrogen (secondary N) is 1. The normalized spacial score (nSPS) is 13.7. The van der Waals surface area contributed by atoms with Crippen LogP contribution in [-0.4, -0.2) is 18.1 Å². The topological polar surface area (TPSA) is 64.4 Å². The van der Waals surface area contributed by atoms with Gasteiger partial charge >= 0.3 is 0 Å². The fourth-order valence-corrected chi connectivity index (χ4v) is 1.99. The number of benzene rings is 1.